The fourth-order valence-corrected chi connectivity index (χ4v) is 4.30. The summed E-state index contributed by atoms with van der Waals surface area (Å²) in [6.07, 6.45) is 3.22. The van der Waals surface area contributed by atoms with Crippen molar-refractivity contribution in [2.75, 3.05) is 44.2 Å². The molecule has 5 heteroatoms. The summed E-state index contributed by atoms with van der Waals surface area (Å²) in [4.78, 5) is 5.19. The number of rotatable bonds is 3. The molecule has 1 N–H and O–H groups in total. The SMILES string of the molecule is c1ccc(-n2ncc3ccc(N4CCC(N5CCNCC5)C4)cc32)cc1. The first-order valence-electron chi connectivity index (χ1n) is 9.61. The van der Waals surface area contributed by atoms with Crippen LogP contribution in [0.4, 0.5) is 5.69 Å². The molecule has 0 amide bonds. The van der Waals surface area contributed by atoms with Crippen molar-refractivity contribution in [1.82, 2.24) is 20.0 Å². The molecule has 2 saturated heterocycles. The van der Waals surface area contributed by atoms with Gasteiger partial charge in [0.25, 0.3) is 0 Å². The number of benzene rings is 2. The van der Waals surface area contributed by atoms with Crippen molar-refractivity contribution < 1.29 is 0 Å². The van der Waals surface area contributed by atoms with Crippen LogP contribution in [0, 0.1) is 0 Å². The normalized spacial score (nSPS) is 21.5. The van der Waals surface area contributed by atoms with Crippen LogP contribution in [0.5, 0.6) is 0 Å². The van der Waals surface area contributed by atoms with E-state index in [0.29, 0.717) is 6.04 Å². The van der Waals surface area contributed by atoms with Crippen molar-refractivity contribution in [1.29, 1.82) is 0 Å². The van der Waals surface area contributed by atoms with Crippen LogP contribution < -0.4 is 10.2 Å². The first kappa shape index (κ1) is 15.9. The maximum Gasteiger partial charge on any atom is 0.0761 e. The molecule has 1 aromatic heterocycles. The highest BCUT2D eigenvalue weighted by atomic mass is 15.3. The van der Waals surface area contributed by atoms with Crippen molar-refractivity contribution in [3.8, 4) is 5.69 Å². The molecule has 26 heavy (non-hydrogen) atoms. The van der Waals surface area contributed by atoms with Crippen molar-refractivity contribution in [2.45, 2.75) is 12.5 Å². The Morgan fingerprint density at radius 3 is 2.62 bits per heavy atom. The molecular weight excluding hydrogens is 322 g/mol. The van der Waals surface area contributed by atoms with Crippen LogP contribution in [0.2, 0.25) is 0 Å². The number of aromatic nitrogens is 2. The number of nitrogens with one attached hydrogen (secondary N) is 1. The zero-order valence-corrected chi connectivity index (χ0v) is 15.0. The molecule has 134 valence electrons. The number of nitrogens with zero attached hydrogens (tertiary/aromatic N) is 4. The van der Waals surface area contributed by atoms with Crippen molar-refractivity contribution in [3.05, 3.63) is 54.7 Å². The van der Waals surface area contributed by atoms with Gasteiger partial charge in [0, 0.05) is 56.4 Å². The summed E-state index contributed by atoms with van der Waals surface area (Å²) < 4.78 is 2.04. The molecular formula is C21H25N5. The molecule has 5 nitrogen and oxygen atoms in total. The summed E-state index contributed by atoms with van der Waals surface area (Å²) in [5.41, 5.74) is 3.60. The van der Waals surface area contributed by atoms with Gasteiger partial charge in [-0.05, 0) is 36.8 Å². The highest BCUT2D eigenvalue weighted by Crippen LogP contribution is 2.28. The summed E-state index contributed by atoms with van der Waals surface area (Å²) in [6, 6.07) is 17.8. The maximum absolute atomic E-state index is 4.60. The van der Waals surface area contributed by atoms with Crippen LogP contribution in [0.3, 0.4) is 0 Å². The van der Waals surface area contributed by atoms with E-state index in [1.54, 1.807) is 0 Å². The molecule has 2 aliphatic rings. The van der Waals surface area contributed by atoms with Gasteiger partial charge in [0.2, 0.25) is 0 Å². The van der Waals surface area contributed by atoms with E-state index in [0.717, 1.165) is 31.9 Å². The van der Waals surface area contributed by atoms with E-state index in [1.165, 1.54) is 36.1 Å². The molecule has 2 aromatic carbocycles. The predicted octanol–water partition coefficient (Wildman–Crippen LogP) is 2.51. The Balaban J connectivity index is 1.41. The third-order valence-electron chi connectivity index (χ3n) is 5.75. The van der Waals surface area contributed by atoms with Crippen molar-refractivity contribution in [2.24, 2.45) is 0 Å². The van der Waals surface area contributed by atoms with Gasteiger partial charge in [0.05, 0.1) is 17.4 Å². The van der Waals surface area contributed by atoms with Crippen LogP contribution in [0.1, 0.15) is 6.42 Å². The lowest BCUT2D eigenvalue weighted by molar-refractivity contribution is 0.185. The summed E-state index contributed by atoms with van der Waals surface area (Å²) in [5.74, 6) is 0. The second-order valence-corrected chi connectivity index (χ2v) is 7.31. The highest BCUT2D eigenvalue weighted by Gasteiger charge is 2.28. The van der Waals surface area contributed by atoms with Crippen LogP contribution in [0.25, 0.3) is 16.6 Å². The first-order chi connectivity index (χ1) is 12.9. The monoisotopic (exact) mass is 347 g/mol. The van der Waals surface area contributed by atoms with Gasteiger partial charge in [-0.15, -0.1) is 0 Å². The average molecular weight is 347 g/mol. The fraction of sp³-hybridized carbons (Fsp3) is 0.381. The van der Waals surface area contributed by atoms with Gasteiger partial charge < -0.3 is 10.2 Å². The van der Waals surface area contributed by atoms with E-state index in [9.17, 15) is 0 Å². The Labute approximate surface area is 154 Å². The highest BCUT2D eigenvalue weighted by molar-refractivity contribution is 5.84. The number of hydrogen-bond acceptors (Lipinski definition) is 4. The van der Waals surface area contributed by atoms with Gasteiger partial charge in [-0.2, -0.15) is 5.10 Å². The van der Waals surface area contributed by atoms with E-state index in [4.69, 9.17) is 0 Å². The molecule has 0 radical (unpaired) electrons. The third kappa shape index (κ3) is 2.87. The Hall–Kier alpha value is -2.37. The molecule has 0 bridgehead atoms. The van der Waals surface area contributed by atoms with Gasteiger partial charge in [0.15, 0.2) is 0 Å². The van der Waals surface area contributed by atoms with E-state index in [1.807, 2.05) is 16.9 Å². The third-order valence-corrected chi connectivity index (χ3v) is 5.75. The number of anilines is 1. The van der Waals surface area contributed by atoms with Crippen LogP contribution >= 0.6 is 0 Å². The Bertz CT molecular complexity index is 882. The molecule has 5 rings (SSSR count). The molecule has 2 aliphatic heterocycles. The van der Waals surface area contributed by atoms with E-state index >= 15 is 0 Å². The summed E-state index contributed by atoms with van der Waals surface area (Å²) in [5, 5.41) is 9.25. The zero-order valence-electron chi connectivity index (χ0n) is 15.0. The lowest BCUT2D eigenvalue weighted by Gasteiger charge is -2.32. The molecule has 2 fully saturated rings. The Morgan fingerprint density at radius 2 is 1.77 bits per heavy atom. The minimum Gasteiger partial charge on any atom is -0.370 e. The predicted molar refractivity (Wildman–Crippen MR) is 106 cm³/mol. The molecule has 0 spiro atoms. The molecule has 0 saturated carbocycles. The quantitative estimate of drug-likeness (QED) is 0.790. The number of fused-ring (bicyclic) bond motifs is 1. The van der Waals surface area contributed by atoms with Gasteiger partial charge in [-0.1, -0.05) is 18.2 Å². The number of para-hydroxylation sites is 1. The molecule has 3 heterocycles. The Kier molecular flexibility index (Phi) is 4.11. The number of hydrogen-bond donors (Lipinski definition) is 1. The molecule has 3 aromatic rings. The summed E-state index contributed by atoms with van der Waals surface area (Å²) >= 11 is 0. The molecule has 1 atom stereocenters. The Morgan fingerprint density at radius 1 is 0.923 bits per heavy atom. The zero-order chi connectivity index (χ0) is 17.3. The van der Waals surface area contributed by atoms with Crippen molar-refractivity contribution in [3.63, 3.8) is 0 Å². The first-order valence-corrected chi connectivity index (χ1v) is 9.61. The van der Waals surface area contributed by atoms with E-state index in [2.05, 4.69) is 62.7 Å². The van der Waals surface area contributed by atoms with Crippen LogP contribution in [-0.4, -0.2) is 60.0 Å². The summed E-state index contributed by atoms with van der Waals surface area (Å²) in [6.45, 7) is 6.87. The second-order valence-electron chi connectivity index (χ2n) is 7.31. The average Bonchev–Trinajstić information content (AvgIpc) is 3.36. The molecule has 0 aliphatic carbocycles. The van der Waals surface area contributed by atoms with Crippen LogP contribution in [-0.2, 0) is 0 Å². The lowest BCUT2D eigenvalue weighted by Crippen LogP contribution is -2.49. The molecule has 1 unspecified atom stereocenters. The summed E-state index contributed by atoms with van der Waals surface area (Å²) in [7, 11) is 0. The maximum atomic E-state index is 4.60. The van der Waals surface area contributed by atoms with Gasteiger partial charge in [-0.25, -0.2) is 4.68 Å². The second kappa shape index (κ2) is 6.74. The van der Waals surface area contributed by atoms with E-state index in [-0.39, 0.29) is 0 Å². The standard InChI is InChI=1S/C21H25N5/c1-2-4-18(5-3-1)26-21-14-19(7-6-17(21)15-23-26)25-11-8-20(16-25)24-12-9-22-10-13-24/h1-7,14-15,20,22H,8-13,16H2. The fourth-order valence-electron chi connectivity index (χ4n) is 4.30. The topological polar surface area (TPSA) is 36.3 Å². The lowest BCUT2D eigenvalue weighted by atomic mass is 10.2. The van der Waals surface area contributed by atoms with E-state index < -0.39 is 0 Å². The number of piperazine rings is 1. The largest absolute Gasteiger partial charge is 0.370 e. The van der Waals surface area contributed by atoms with Crippen molar-refractivity contribution >= 4 is 16.6 Å². The smallest absolute Gasteiger partial charge is 0.0761 e. The van der Waals surface area contributed by atoms with Gasteiger partial charge in [0.1, 0.15) is 0 Å². The van der Waals surface area contributed by atoms with Gasteiger partial charge in [-0.3, -0.25) is 4.90 Å². The minimum atomic E-state index is 0.687. The van der Waals surface area contributed by atoms with Crippen LogP contribution in [0.15, 0.2) is 54.7 Å². The van der Waals surface area contributed by atoms with Gasteiger partial charge >= 0.3 is 0 Å². The minimum absolute atomic E-state index is 0.687.